The first-order chi connectivity index (χ1) is 15.9. The second-order valence-electron chi connectivity index (χ2n) is 7.76. The monoisotopic (exact) mass is 582 g/mol. The molecule has 2 aromatic rings. The van der Waals surface area contributed by atoms with Gasteiger partial charge in [0.2, 0.25) is 11.8 Å². The molecule has 0 radical (unpaired) electrons. The molecule has 0 saturated carbocycles. The molecule has 0 unspecified atom stereocenters. The highest BCUT2D eigenvalue weighted by Crippen LogP contribution is 2.14. The summed E-state index contributed by atoms with van der Waals surface area (Å²) in [7, 11) is 0. The standard InChI is InChI=1S/C24H31IN4O3S/c25-22(30)14-11-17-9-12-19(13-10-17)27-23(31)20(8-4-5-15-26)28-24(32)21(29-33)16-18-6-2-1-3-7-18/h1-3,6-7,9-10,12-13,20-21,29,33H,4-5,8,11,14-16,26H2,(H,27,31)(H,28,32)/t20-,21-/m0/s1. The molecule has 0 aromatic heterocycles. The van der Waals surface area contributed by atoms with Crippen LogP contribution in [0.15, 0.2) is 54.6 Å². The van der Waals surface area contributed by atoms with Gasteiger partial charge in [-0.05, 0) is 84.5 Å². The molecule has 2 atom stereocenters. The molecule has 0 aliphatic rings. The van der Waals surface area contributed by atoms with Crippen LogP contribution >= 0.6 is 35.4 Å². The molecule has 2 amide bonds. The molecule has 0 spiro atoms. The van der Waals surface area contributed by atoms with Crippen molar-refractivity contribution in [3.05, 3.63) is 65.7 Å². The number of unbranched alkanes of at least 4 members (excludes halogenated alkanes) is 1. The number of aryl methyl sites for hydroxylation is 1. The van der Waals surface area contributed by atoms with Crippen molar-refractivity contribution in [3.63, 3.8) is 0 Å². The minimum Gasteiger partial charge on any atom is -0.343 e. The predicted octanol–water partition coefficient (Wildman–Crippen LogP) is 3.18. The third kappa shape index (κ3) is 10.2. The quantitative estimate of drug-likeness (QED) is 0.102. The molecule has 0 saturated heterocycles. The fourth-order valence-corrected chi connectivity index (χ4v) is 3.79. The Morgan fingerprint density at radius 1 is 0.909 bits per heavy atom. The summed E-state index contributed by atoms with van der Waals surface area (Å²) in [6.07, 6.45) is 3.56. The number of carbonyl (C=O) groups excluding carboxylic acids is 3. The van der Waals surface area contributed by atoms with E-state index in [-0.39, 0.29) is 15.6 Å². The number of hydrogen-bond acceptors (Lipinski definition) is 6. The van der Waals surface area contributed by atoms with E-state index in [1.165, 1.54) is 0 Å². The van der Waals surface area contributed by atoms with Gasteiger partial charge in [0.25, 0.3) is 0 Å². The normalized spacial score (nSPS) is 12.6. The molecule has 5 N–H and O–H groups in total. The Balaban J connectivity index is 2.01. The van der Waals surface area contributed by atoms with Crippen molar-refractivity contribution >= 4 is 56.7 Å². The summed E-state index contributed by atoms with van der Waals surface area (Å²) in [6.45, 7) is 0.526. The number of anilines is 1. The number of nitrogens with one attached hydrogen (secondary N) is 3. The molecular weight excluding hydrogens is 551 g/mol. The van der Waals surface area contributed by atoms with Gasteiger partial charge in [0.1, 0.15) is 6.04 Å². The first-order valence-corrected chi connectivity index (χ1v) is 12.5. The molecule has 2 aromatic carbocycles. The Bertz CT molecular complexity index is 896. The molecule has 0 fully saturated rings. The van der Waals surface area contributed by atoms with Gasteiger partial charge in [0.15, 0.2) is 3.79 Å². The fraction of sp³-hybridized carbons (Fsp3) is 0.375. The van der Waals surface area contributed by atoms with E-state index in [4.69, 9.17) is 5.73 Å². The molecule has 178 valence electrons. The van der Waals surface area contributed by atoms with Gasteiger partial charge in [-0.25, -0.2) is 0 Å². The predicted molar refractivity (Wildman–Crippen MR) is 143 cm³/mol. The van der Waals surface area contributed by atoms with Crippen LogP contribution in [0.25, 0.3) is 0 Å². The van der Waals surface area contributed by atoms with Crippen LogP contribution in [0.3, 0.4) is 0 Å². The van der Waals surface area contributed by atoms with Gasteiger partial charge >= 0.3 is 0 Å². The number of halogens is 1. The second kappa shape index (κ2) is 15.0. The Hall–Kier alpha value is -1.95. The van der Waals surface area contributed by atoms with Crippen LogP contribution in [0.2, 0.25) is 0 Å². The van der Waals surface area contributed by atoms with Gasteiger partial charge < -0.3 is 16.4 Å². The maximum absolute atomic E-state index is 13.0. The number of amides is 2. The first kappa shape index (κ1) is 27.3. The van der Waals surface area contributed by atoms with Crippen molar-refractivity contribution in [2.24, 2.45) is 5.73 Å². The Morgan fingerprint density at radius 2 is 1.61 bits per heavy atom. The summed E-state index contributed by atoms with van der Waals surface area (Å²) in [5.74, 6) is -0.575. The van der Waals surface area contributed by atoms with Crippen molar-refractivity contribution in [3.8, 4) is 0 Å². The van der Waals surface area contributed by atoms with E-state index < -0.39 is 12.1 Å². The summed E-state index contributed by atoms with van der Waals surface area (Å²) in [5, 5.41) is 5.75. The van der Waals surface area contributed by atoms with Gasteiger partial charge in [0, 0.05) is 12.1 Å². The Kier molecular flexibility index (Phi) is 12.4. The minimum absolute atomic E-state index is 0.113. The topological polar surface area (TPSA) is 113 Å². The highest BCUT2D eigenvalue weighted by molar-refractivity contribution is 14.1. The number of nitrogens with two attached hydrogens (primary N) is 1. The van der Waals surface area contributed by atoms with Gasteiger partial charge in [-0.2, -0.15) is 0 Å². The van der Waals surface area contributed by atoms with Crippen molar-refractivity contribution in [1.82, 2.24) is 10.0 Å². The SMILES string of the molecule is NCCCC[C@H](NC(=O)[C@H](Cc1ccccc1)NS)C(=O)Nc1ccc(CCC(=O)I)cc1. The van der Waals surface area contributed by atoms with Crippen LogP contribution in [0.1, 0.15) is 36.8 Å². The number of thiol groups is 1. The highest BCUT2D eigenvalue weighted by Gasteiger charge is 2.25. The number of benzene rings is 2. The lowest BCUT2D eigenvalue weighted by molar-refractivity contribution is -0.127. The number of hydrogen-bond donors (Lipinski definition) is 5. The maximum atomic E-state index is 13.0. The minimum atomic E-state index is -0.694. The van der Waals surface area contributed by atoms with Gasteiger partial charge in [-0.1, -0.05) is 55.3 Å². The Morgan fingerprint density at radius 3 is 2.21 bits per heavy atom. The van der Waals surface area contributed by atoms with Crippen LogP contribution in [-0.2, 0) is 27.2 Å². The first-order valence-electron chi connectivity index (χ1n) is 10.9. The molecule has 0 heterocycles. The lowest BCUT2D eigenvalue weighted by atomic mass is 10.0. The molecule has 7 nitrogen and oxygen atoms in total. The second-order valence-corrected chi connectivity index (χ2v) is 9.22. The maximum Gasteiger partial charge on any atom is 0.246 e. The van der Waals surface area contributed by atoms with Crippen LogP contribution in [0, 0.1) is 0 Å². The summed E-state index contributed by atoms with van der Waals surface area (Å²) in [5.41, 5.74) is 8.25. The van der Waals surface area contributed by atoms with Crippen LogP contribution in [0.5, 0.6) is 0 Å². The molecule has 2 rings (SSSR count). The molecule has 0 bridgehead atoms. The molecule has 9 heteroatoms. The summed E-state index contributed by atoms with van der Waals surface area (Å²) in [4.78, 5) is 37.0. The van der Waals surface area contributed by atoms with E-state index in [2.05, 4.69) is 28.2 Å². The lowest BCUT2D eigenvalue weighted by Crippen LogP contribution is -2.50. The van der Waals surface area contributed by atoms with Gasteiger partial charge in [-0.3, -0.25) is 19.1 Å². The van der Waals surface area contributed by atoms with Crippen LogP contribution in [0.4, 0.5) is 5.69 Å². The summed E-state index contributed by atoms with van der Waals surface area (Å²) in [6, 6.07) is 15.7. The summed E-state index contributed by atoms with van der Waals surface area (Å²) < 4.78 is 2.86. The number of carbonyl (C=O) groups is 3. The Labute approximate surface area is 214 Å². The van der Waals surface area contributed by atoms with Crippen molar-refractivity contribution < 1.29 is 14.4 Å². The third-order valence-electron chi connectivity index (χ3n) is 5.17. The van der Waals surface area contributed by atoms with Crippen LogP contribution in [-0.4, -0.2) is 34.2 Å². The molecule has 0 aliphatic heterocycles. The van der Waals surface area contributed by atoms with E-state index in [0.29, 0.717) is 37.9 Å². The molecular formula is C24H31IN4O3S. The van der Waals surface area contributed by atoms with Gasteiger partial charge in [-0.15, -0.1) is 0 Å². The van der Waals surface area contributed by atoms with E-state index in [1.807, 2.05) is 42.5 Å². The number of rotatable bonds is 14. The van der Waals surface area contributed by atoms with Crippen molar-refractivity contribution in [2.75, 3.05) is 11.9 Å². The highest BCUT2D eigenvalue weighted by atomic mass is 127. The van der Waals surface area contributed by atoms with E-state index in [9.17, 15) is 14.4 Å². The summed E-state index contributed by atoms with van der Waals surface area (Å²) >= 11 is 5.90. The average Bonchev–Trinajstić information content (AvgIpc) is 2.82. The zero-order valence-electron chi connectivity index (χ0n) is 18.4. The van der Waals surface area contributed by atoms with E-state index >= 15 is 0 Å². The van der Waals surface area contributed by atoms with E-state index in [1.54, 1.807) is 34.7 Å². The largest absolute Gasteiger partial charge is 0.343 e. The zero-order chi connectivity index (χ0) is 24.1. The average molecular weight is 583 g/mol. The van der Waals surface area contributed by atoms with Crippen molar-refractivity contribution in [1.29, 1.82) is 0 Å². The molecule has 0 aliphatic carbocycles. The fourth-order valence-electron chi connectivity index (χ4n) is 3.31. The van der Waals surface area contributed by atoms with Crippen LogP contribution < -0.4 is 21.1 Å². The van der Waals surface area contributed by atoms with Crippen molar-refractivity contribution in [2.45, 2.75) is 50.6 Å². The lowest BCUT2D eigenvalue weighted by Gasteiger charge is -2.22. The van der Waals surface area contributed by atoms with Gasteiger partial charge in [0.05, 0.1) is 6.04 Å². The zero-order valence-corrected chi connectivity index (χ0v) is 21.5. The molecule has 33 heavy (non-hydrogen) atoms. The van der Waals surface area contributed by atoms with E-state index in [0.717, 1.165) is 24.0 Å². The third-order valence-corrected chi connectivity index (χ3v) is 6.02. The smallest absolute Gasteiger partial charge is 0.246 e.